The van der Waals surface area contributed by atoms with E-state index in [0.717, 1.165) is 11.1 Å². The molecule has 96 valence electrons. The fourth-order valence-corrected chi connectivity index (χ4v) is 2.75. The van der Waals surface area contributed by atoms with E-state index < -0.39 is 12.2 Å². The van der Waals surface area contributed by atoms with Crippen molar-refractivity contribution in [3.05, 3.63) is 23.3 Å². The molecular weight excluding hydrogens is 236 g/mol. The van der Waals surface area contributed by atoms with Crippen molar-refractivity contribution in [1.82, 2.24) is 0 Å². The SMILES string of the molecule is COc1ccc2c(c1OC)[C@H]1O[C@@H]2[C@@H](OC)C1=O. The Hall–Kier alpha value is -1.59. The van der Waals surface area contributed by atoms with Gasteiger partial charge in [0, 0.05) is 12.7 Å². The summed E-state index contributed by atoms with van der Waals surface area (Å²) in [4.78, 5) is 12.1. The first-order chi connectivity index (χ1) is 8.72. The van der Waals surface area contributed by atoms with Crippen molar-refractivity contribution in [2.45, 2.75) is 18.3 Å². The third-order valence-electron chi connectivity index (χ3n) is 3.54. The number of carbonyl (C=O) groups excluding carboxylic acids is 1. The Morgan fingerprint density at radius 2 is 1.94 bits per heavy atom. The maximum atomic E-state index is 12.1. The van der Waals surface area contributed by atoms with Crippen molar-refractivity contribution >= 4 is 5.78 Å². The predicted molar refractivity (Wildman–Crippen MR) is 61.9 cm³/mol. The van der Waals surface area contributed by atoms with E-state index in [0.29, 0.717) is 11.5 Å². The predicted octanol–water partition coefficient (Wildman–Crippen LogP) is 1.41. The molecule has 0 N–H and O–H groups in total. The van der Waals surface area contributed by atoms with Crippen LogP contribution in [-0.4, -0.2) is 33.2 Å². The lowest BCUT2D eigenvalue weighted by atomic mass is 9.88. The topological polar surface area (TPSA) is 54.0 Å². The molecule has 0 radical (unpaired) electrons. The molecule has 1 fully saturated rings. The third kappa shape index (κ3) is 1.26. The van der Waals surface area contributed by atoms with E-state index in [1.54, 1.807) is 14.2 Å². The Morgan fingerprint density at radius 1 is 1.17 bits per heavy atom. The minimum absolute atomic E-state index is 0.0541. The summed E-state index contributed by atoms with van der Waals surface area (Å²) < 4.78 is 21.5. The van der Waals surface area contributed by atoms with E-state index in [1.165, 1.54) is 7.11 Å². The Kier molecular flexibility index (Phi) is 2.53. The van der Waals surface area contributed by atoms with E-state index in [9.17, 15) is 4.79 Å². The molecule has 1 aromatic carbocycles. The zero-order valence-corrected chi connectivity index (χ0v) is 10.4. The third-order valence-corrected chi connectivity index (χ3v) is 3.54. The van der Waals surface area contributed by atoms with Gasteiger partial charge < -0.3 is 18.9 Å². The molecule has 3 atom stereocenters. The molecule has 18 heavy (non-hydrogen) atoms. The lowest BCUT2D eigenvalue weighted by Crippen LogP contribution is -2.28. The van der Waals surface area contributed by atoms with E-state index in [4.69, 9.17) is 18.9 Å². The molecule has 2 aliphatic rings. The number of ether oxygens (including phenoxy) is 4. The van der Waals surface area contributed by atoms with Gasteiger partial charge in [0.1, 0.15) is 18.3 Å². The highest BCUT2D eigenvalue weighted by atomic mass is 16.6. The summed E-state index contributed by atoms with van der Waals surface area (Å²) in [5.41, 5.74) is 1.73. The van der Waals surface area contributed by atoms with Gasteiger partial charge >= 0.3 is 0 Å². The van der Waals surface area contributed by atoms with Gasteiger partial charge in [0.2, 0.25) is 0 Å². The summed E-state index contributed by atoms with van der Waals surface area (Å²) in [5.74, 6) is 1.13. The number of methoxy groups -OCH3 is 3. The second-order valence-corrected chi connectivity index (χ2v) is 4.30. The first kappa shape index (κ1) is 11.5. The minimum Gasteiger partial charge on any atom is -0.493 e. The van der Waals surface area contributed by atoms with Crippen molar-refractivity contribution in [3.8, 4) is 11.5 Å². The Balaban J connectivity index is 2.16. The lowest BCUT2D eigenvalue weighted by Gasteiger charge is -2.21. The second-order valence-electron chi connectivity index (χ2n) is 4.30. The molecule has 5 heteroatoms. The molecule has 0 saturated carbocycles. The van der Waals surface area contributed by atoms with Crippen molar-refractivity contribution in [3.63, 3.8) is 0 Å². The molecule has 0 spiro atoms. The number of hydrogen-bond acceptors (Lipinski definition) is 5. The van der Waals surface area contributed by atoms with Gasteiger partial charge in [-0.1, -0.05) is 6.07 Å². The first-order valence-corrected chi connectivity index (χ1v) is 5.69. The molecule has 3 rings (SSSR count). The monoisotopic (exact) mass is 250 g/mol. The molecule has 0 amide bonds. The molecule has 0 aliphatic carbocycles. The highest BCUT2D eigenvalue weighted by molar-refractivity contribution is 5.94. The van der Waals surface area contributed by atoms with Crippen molar-refractivity contribution in [2.75, 3.05) is 21.3 Å². The van der Waals surface area contributed by atoms with Crippen LogP contribution in [-0.2, 0) is 14.3 Å². The van der Waals surface area contributed by atoms with Gasteiger partial charge in [0.25, 0.3) is 0 Å². The quantitative estimate of drug-likeness (QED) is 0.812. The van der Waals surface area contributed by atoms with Crippen LogP contribution < -0.4 is 9.47 Å². The number of hydrogen-bond donors (Lipinski definition) is 0. The van der Waals surface area contributed by atoms with Gasteiger partial charge in [-0.05, 0) is 11.6 Å². The van der Waals surface area contributed by atoms with Crippen LogP contribution in [0.5, 0.6) is 11.5 Å². The molecule has 5 nitrogen and oxygen atoms in total. The molecule has 2 heterocycles. The lowest BCUT2D eigenvalue weighted by molar-refractivity contribution is -0.128. The number of Topliss-reactive ketones (excluding diaryl/α,β-unsaturated/α-hetero) is 1. The van der Waals surface area contributed by atoms with Crippen LogP contribution >= 0.6 is 0 Å². The largest absolute Gasteiger partial charge is 0.493 e. The summed E-state index contributed by atoms with van der Waals surface area (Å²) in [7, 11) is 4.65. The van der Waals surface area contributed by atoms with E-state index in [-0.39, 0.29) is 11.9 Å². The van der Waals surface area contributed by atoms with Crippen LogP contribution in [0.15, 0.2) is 12.1 Å². The van der Waals surface area contributed by atoms with Crippen molar-refractivity contribution in [1.29, 1.82) is 0 Å². The smallest absolute Gasteiger partial charge is 0.197 e. The van der Waals surface area contributed by atoms with E-state index in [2.05, 4.69) is 0 Å². The molecule has 2 aliphatic heterocycles. The molecule has 1 aromatic rings. The Labute approximate surface area is 105 Å². The normalized spacial score (nSPS) is 28.4. The van der Waals surface area contributed by atoms with E-state index >= 15 is 0 Å². The Bertz CT molecular complexity index is 510. The van der Waals surface area contributed by atoms with E-state index in [1.807, 2.05) is 12.1 Å². The second kappa shape index (κ2) is 3.96. The standard InChI is InChI=1S/C13H14O5/c1-15-7-5-4-6-8(11(7)16-2)12-9(14)13(17-3)10(6)18-12/h4-5,10,12-13H,1-3H3/t10-,12+,13-/m0/s1. The van der Waals surface area contributed by atoms with Crippen LogP contribution in [0.2, 0.25) is 0 Å². The number of fused-ring (bicyclic) bond motifs is 5. The van der Waals surface area contributed by atoms with Crippen LogP contribution in [0.25, 0.3) is 0 Å². The van der Waals surface area contributed by atoms with Gasteiger partial charge in [-0.2, -0.15) is 0 Å². The summed E-state index contributed by atoms with van der Waals surface area (Å²) in [5, 5.41) is 0. The van der Waals surface area contributed by atoms with Crippen LogP contribution in [0.3, 0.4) is 0 Å². The number of ketones is 1. The summed E-state index contributed by atoms with van der Waals surface area (Å²) in [6.07, 6.45) is -1.44. The molecule has 2 bridgehead atoms. The number of rotatable bonds is 3. The summed E-state index contributed by atoms with van der Waals surface area (Å²) in [6, 6.07) is 3.72. The molecule has 0 aromatic heterocycles. The van der Waals surface area contributed by atoms with Gasteiger partial charge in [-0.3, -0.25) is 4.79 Å². The van der Waals surface area contributed by atoms with Gasteiger partial charge in [-0.15, -0.1) is 0 Å². The molecule has 1 saturated heterocycles. The highest BCUT2D eigenvalue weighted by Gasteiger charge is 2.54. The minimum atomic E-state index is -0.597. The Morgan fingerprint density at radius 3 is 2.56 bits per heavy atom. The van der Waals surface area contributed by atoms with Gasteiger partial charge in [0.15, 0.2) is 17.3 Å². The fourth-order valence-electron chi connectivity index (χ4n) is 2.75. The van der Waals surface area contributed by atoms with Crippen molar-refractivity contribution < 1.29 is 23.7 Å². The zero-order valence-electron chi connectivity index (χ0n) is 10.4. The average molecular weight is 250 g/mol. The molecule has 0 unspecified atom stereocenters. The van der Waals surface area contributed by atoms with Gasteiger partial charge in [0.05, 0.1) is 14.2 Å². The summed E-state index contributed by atoms with van der Waals surface area (Å²) >= 11 is 0. The average Bonchev–Trinajstić information content (AvgIpc) is 2.92. The highest BCUT2D eigenvalue weighted by Crippen LogP contribution is 2.54. The number of carbonyl (C=O) groups is 1. The summed E-state index contributed by atoms with van der Waals surface area (Å²) in [6.45, 7) is 0. The fraction of sp³-hybridized carbons (Fsp3) is 0.462. The van der Waals surface area contributed by atoms with Crippen LogP contribution in [0, 0.1) is 0 Å². The first-order valence-electron chi connectivity index (χ1n) is 5.69. The molecular formula is C13H14O5. The van der Waals surface area contributed by atoms with Crippen LogP contribution in [0.4, 0.5) is 0 Å². The van der Waals surface area contributed by atoms with Crippen molar-refractivity contribution in [2.24, 2.45) is 0 Å². The van der Waals surface area contributed by atoms with Gasteiger partial charge in [-0.25, -0.2) is 0 Å². The zero-order chi connectivity index (χ0) is 12.9. The number of benzene rings is 1. The van der Waals surface area contributed by atoms with Crippen LogP contribution in [0.1, 0.15) is 23.3 Å². The maximum Gasteiger partial charge on any atom is 0.197 e. The maximum absolute atomic E-state index is 12.1.